The zero-order chi connectivity index (χ0) is 14.5. The molecule has 0 saturated heterocycles. The van der Waals surface area contributed by atoms with Crippen LogP contribution in [0.2, 0.25) is 0 Å². The van der Waals surface area contributed by atoms with Crippen LogP contribution >= 0.6 is 11.3 Å². The molecule has 0 saturated carbocycles. The molecule has 4 aromatic heterocycles. The quantitative estimate of drug-likeness (QED) is 0.407. The van der Waals surface area contributed by atoms with Crippen molar-refractivity contribution >= 4 is 38.7 Å². The monoisotopic (exact) mass is 300 g/mol. The van der Waals surface area contributed by atoms with Gasteiger partial charge in [0.1, 0.15) is 5.69 Å². The van der Waals surface area contributed by atoms with E-state index in [0.29, 0.717) is 0 Å². The highest BCUT2D eigenvalue weighted by Crippen LogP contribution is 2.36. The van der Waals surface area contributed by atoms with Crippen LogP contribution in [0.15, 0.2) is 72.2 Å². The predicted molar refractivity (Wildman–Crippen MR) is 93.5 cm³/mol. The summed E-state index contributed by atoms with van der Waals surface area (Å²) in [5.41, 5.74) is 4.51. The van der Waals surface area contributed by atoms with Gasteiger partial charge in [-0.05, 0) is 35.7 Å². The van der Waals surface area contributed by atoms with E-state index in [2.05, 4.69) is 76.6 Å². The number of nitrogens with zero attached hydrogens (tertiary/aromatic N) is 2. The average Bonchev–Trinajstić information content (AvgIpc) is 3.22. The van der Waals surface area contributed by atoms with Gasteiger partial charge >= 0.3 is 0 Å². The number of para-hydroxylation sites is 1. The van der Waals surface area contributed by atoms with Gasteiger partial charge in [-0.15, -0.1) is 11.3 Å². The average molecular weight is 300 g/mol. The van der Waals surface area contributed by atoms with Crippen molar-refractivity contribution in [2.45, 2.75) is 0 Å². The van der Waals surface area contributed by atoms with Crippen molar-refractivity contribution in [2.24, 2.45) is 0 Å². The summed E-state index contributed by atoms with van der Waals surface area (Å²) in [6, 6.07) is 21.2. The highest BCUT2D eigenvalue weighted by molar-refractivity contribution is 7.13. The molecule has 4 heterocycles. The molecule has 0 atom stereocenters. The topological polar surface area (TPSA) is 17.3 Å². The molecule has 0 radical (unpaired) electrons. The van der Waals surface area contributed by atoms with E-state index in [9.17, 15) is 0 Å². The van der Waals surface area contributed by atoms with Crippen molar-refractivity contribution in [3.8, 4) is 10.6 Å². The Morgan fingerprint density at radius 1 is 0.864 bits per heavy atom. The van der Waals surface area contributed by atoms with Crippen LogP contribution in [0.25, 0.3) is 37.9 Å². The number of benzene rings is 1. The zero-order valence-corrected chi connectivity index (χ0v) is 12.5. The fourth-order valence-corrected chi connectivity index (χ4v) is 3.84. The number of hydrogen-bond donors (Lipinski definition) is 0. The molecule has 0 aliphatic rings. The summed E-state index contributed by atoms with van der Waals surface area (Å²) in [6.07, 6.45) is 2.12. The first-order chi connectivity index (χ1) is 10.9. The second-order valence-electron chi connectivity index (χ2n) is 5.36. The third-order valence-electron chi connectivity index (χ3n) is 4.08. The van der Waals surface area contributed by atoms with Crippen LogP contribution in [0.3, 0.4) is 0 Å². The number of fused-ring (bicyclic) bond motifs is 5. The SMILES string of the molecule is c1csc(-c2nc3ccccc3c3cc4ccccn4c23)c1. The number of pyridine rings is 2. The van der Waals surface area contributed by atoms with Gasteiger partial charge in [0.15, 0.2) is 0 Å². The molecule has 0 unspecified atom stereocenters. The Morgan fingerprint density at radius 3 is 2.68 bits per heavy atom. The van der Waals surface area contributed by atoms with E-state index in [4.69, 9.17) is 4.98 Å². The summed E-state index contributed by atoms with van der Waals surface area (Å²) < 4.78 is 2.24. The molecule has 0 fully saturated rings. The Bertz CT molecular complexity index is 1120. The van der Waals surface area contributed by atoms with Gasteiger partial charge in [0, 0.05) is 22.5 Å². The number of aromatic nitrogens is 2. The lowest BCUT2D eigenvalue weighted by atomic mass is 10.1. The first-order valence-electron chi connectivity index (χ1n) is 7.24. The number of thiophene rings is 1. The molecule has 22 heavy (non-hydrogen) atoms. The summed E-state index contributed by atoms with van der Waals surface area (Å²) in [4.78, 5) is 6.17. The summed E-state index contributed by atoms with van der Waals surface area (Å²) >= 11 is 1.74. The molecule has 0 amide bonds. The fourth-order valence-electron chi connectivity index (χ4n) is 3.13. The summed E-state index contributed by atoms with van der Waals surface area (Å²) in [5.74, 6) is 0. The summed E-state index contributed by atoms with van der Waals surface area (Å²) in [5, 5.41) is 4.58. The minimum absolute atomic E-state index is 1.05. The van der Waals surface area contributed by atoms with E-state index in [0.717, 1.165) is 11.2 Å². The maximum atomic E-state index is 4.96. The minimum Gasteiger partial charge on any atom is -0.315 e. The molecule has 0 aliphatic heterocycles. The molecule has 0 N–H and O–H groups in total. The Kier molecular flexibility index (Phi) is 2.40. The first-order valence-corrected chi connectivity index (χ1v) is 8.12. The van der Waals surface area contributed by atoms with Gasteiger partial charge in [0.25, 0.3) is 0 Å². The number of hydrogen-bond acceptors (Lipinski definition) is 2. The molecule has 1 aromatic carbocycles. The van der Waals surface area contributed by atoms with E-state index in [1.165, 1.54) is 26.7 Å². The van der Waals surface area contributed by atoms with Crippen molar-refractivity contribution < 1.29 is 0 Å². The van der Waals surface area contributed by atoms with Crippen molar-refractivity contribution in [3.63, 3.8) is 0 Å². The van der Waals surface area contributed by atoms with Crippen molar-refractivity contribution in [1.82, 2.24) is 9.38 Å². The van der Waals surface area contributed by atoms with Gasteiger partial charge in [-0.25, -0.2) is 4.98 Å². The standard InChI is InChI=1S/C19H12N2S/c1-2-8-16-14(7-1)15-12-13-6-3-4-10-21(13)19(15)18(20-16)17-9-5-11-22-17/h1-12H. The third kappa shape index (κ3) is 1.57. The molecule has 5 aromatic rings. The molecule has 0 aliphatic carbocycles. The Labute approximate surface area is 131 Å². The van der Waals surface area contributed by atoms with Crippen LogP contribution in [-0.2, 0) is 0 Å². The first kappa shape index (κ1) is 12.0. The van der Waals surface area contributed by atoms with Gasteiger partial charge in [0.05, 0.1) is 15.9 Å². The maximum Gasteiger partial charge on any atom is 0.106 e. The van der Waals surface area contributed by atoms with E-state index in [-0.39, 0.29) is 0 Å². The van der Waals surface area contributed by atoms with Crippen molar-refractivity contribution in [3.05, 3.63) is 72.2 Å². The summed E-state index contributed by atoms with van der Waals surface area (Å²) in [6.45, 7) is 0. The van der Waals surface area contributed by atoms with Gasteiger partial charge in [-0.1, -0.05) is 30.3 Å². The Hall–Kier alpha value is -2.65. The van der Waals surface area contributed by atoms with Gasteiger partial charge in [-0.3, -0.25) is 0 Å². The maximum absolute atomic E-state index is 4.96. The molecule has 2 nitrogen and oxygen atoms in total. The molecule has 3 heteroatoms. The summed E-state index contributed by atoms with van der Waals surface area (Å²) in [7, 11) is 0. The van der Waals surface area contributed by atoms with Gasteiger partial charge in [0.2, 0.25) is 0 Å². The third-order valence-corrected chi connectivity index (χ3v) is 4.96. The molecule has 0 spiro atoms. The number of rotatable bonds is 1. The lowest BCUT2D eigenvalue weighted by Crippen LogP contribution is -1.90. The molecule has 104 valence electrons. The van der Waals surface area contributed by atoms with Crippen molar-refractivity contribution in [1.29, 1.82) is 0 Å². The fraction of sp³-hybridized carbons (Fsp3) is 0. The van der Waals surface area contributed by atoms with Gasteiger partial charge in [-0.2, -0.15) is 0 Å². The smallest absolute Gasteiger partial charge is 0.106 e. The van der Waals surface area contributed by atoms with Crippen LogP contribution in [-0.4, -0.2) is 9.38 Å². The zero-order valence-electron chi connectivity index (χ0n) is 11.7. The van der Waals surface area contributed by atoms with Crippen LogP contribution in [0, 0.1) is 0 Å². The van der Waals surface area contributed by atoms with Crippen LogP contribution in [0.5, 0.6) is 0 Å². The molecule has 5 rings (SSSR count). The van der Waals surface area contributed by atoms with Crippen LogP contribution in [0.1, 0.15) is 0 Å². The molecule has 0 bridgehead atoms. The second kappa shape index (κ2) is 4.42. The van der Waals surface area contributed by atoms with E-state index >= 15 is 0 Å². The molecular weight excluding hydrogens is 288 g/mol. The minimum atomic E-state index is 1.05. The van der Waals surface area contributed by atoms with E-state index < -0.39 is 0 Å². The largest absolute Gasteiger partial charge is 0.315 e. The second-order valence-corrected chi connectivity index (χ2v) is 6.30. The van der Waals surface area contributed by atoms with Gasteiger partial charge < -0.3 is 4.40 Å². The lowest BCUT2D eigenvalue weighted by Gasteiger charge is -2.06. The van der Waals surface area contributed by atoms with E-state index in [1.807, 2.05) is 0 Å². The van der Waals surface area contributed by atoms with Crippen LogP contribution in [0.4, 0.5) is 0 Å². The Balaban J connectivity index is 2.09. The highest BCUT2D eigenvalue weighted by atomic mass is 32.1. The Morgan fingerprint density at radius 2 is 1.77 bits per heavy atom. The predicted octanol–water partition coefficient (Wildman–Crippen LogP) is 5.37. The normalized spacial score (nSPS) is 11.6. The lowest BCUT2D eigenvalue weighted by molar-refractivity contribution is 1.24. The highest BCUT2D eigenvalue weighted by Gasteiger charge is 2.14. The van der Waals surface area contributed by atoms with Crippen LogP contribution < -0.4 is 0 Å². The molecular formula is C19H12N2S. The van der Waals surface area contributed by atoms with Crippen molar-refractivity contribution in [2.75, 3.05) is 0 Å². The van der Waals surface area contributed by atoms with E-state index in [1.54, 1.807) is 11.3 Å².